The van der Waals surface area contributed by atoms with Crippen LogP contribution in [0.1, 0.15) is 17.9 Å². The van der Waals surface area contributed by atoms with Gasteiger partial charge in [0.15, 0.2) is 6.17 Å². The topological polar surface area (TPSA) is 86.7 Å². The fraction of sp³-hybridized carbons (Fsp3) is 0.385. The molecule has 4 aliphatic rings. The third-order valence-electron chi connectivity index (χ3n) is 4.36. The van der Waals surface area contributed by atoms with Gasteiger partial charge < -0.3 is 4.74 Å². The van der Waals surface area contributed by atoms with E-state index in [0.717, 1.165) is 10.3 Å². The van der Waals surface area contributed by atoms with E-state index < -0.39 is 6.17 Å². The van der Waals surface area contributed by atoms with Gasteiger partial charge in [-0.2, -0.15) is 0 Å². The van der Waals surface area contributed by atoms with Gasteiger partial charge in [-0.25, -0.2) is 23.5 Å². The second-order valence-electron chi connectivity index (χ2n) is 5.47. The Bertz CT molecular complexity index is 906. The number of pyridine rings is 1. The average molecular weight is 285 g/mol. The molecule has 4 unspecified atom stereocenters. The van der Waals surface area contributed by atoms with Crippen molar-refractivity contribution in [3.8, 4) is 0 Å². The zero-order chi connectivity index (χ0) is 14.3. The molecule has 21 heavy (non-hydrogen) atoms. The van der Waals surface area contributed by atoms with E-state index in [9.17, 15) is 9.59 Å². The Morgan fingerprint density at radius 2 is 1.95 bits per heavy atom. The van der Waals surface area contributed by atoms with Gasteiger partial charge in [0.25, 0.3) is 0 Å². The van der Waals surface area contributed by atoms with Crippen molar-refractivity contribution >= 4 is 5.71 Å². The normalized spacial score (nSPS) is 31.6. The summed E-state index contributed by atoms with van der Waals surface area (Å²) in [6.07, 6.45) is 1.01. The molecule has 6 heterocycles. The third-order valence-corrected chi connectivity index (χ3v) is 4.36. The lowest BCUT2D eigenvalue weighted by molar-refractivity contribution is 0.273. The van der Waals surface area contributed by atoms with Crippen LogP contribution < -0.4 is 11.4 Å². The Morgan fingerprint density at radius 1 is 1.14 bits per heavy atom. The highest BCUT2D eigenvalue weighted by atomic mass is 16.6. The number of ether oxygens (including phenoxy) is 1. The summed E-state index contributed by atoms with van der Waals surface area (Å²) in [4.78, 5) is 33.5. The van der Waals surface area contributed by atoms with Crippen molar-refractivity contribution in [1.82, 2.24) is 18.9 Å². The van der Waals surface area contributed by atoms with Gasteiger partial charge in [0.2, 0.25) is 0 Å². The predicted molar refractivity (Wildman–Crippen MR) is 71.4 cm³/mol. The number of aromatic nitrogens is 4. The standard InChI is InChI=1S/C13H11N5O3/c1-16-12(19)17-8-7(6-4-2-3-5-14-6)15-11(10-9(8)21-10)18(17)13(16)20/h2-5,8-11H,1H3. The Hall–Kier alpha value is -2.48. The summed E-state index contributed by atoms with van der Waals surface area (Å²) in [6, 6.07) is 5.18. The average Bonchev–Trinajstić information content (AvgIpc) is 3.30. The second-order valence-corrected chi connectivity index (χ2v) is 5.47. The number of rotatable bonds is 1. The zero-order valence-electron chi connectivity index (χ0n) is 11.1. The van der Waals surface area contributed by atoms with Crippen LogP contribution >= 0.6 is 0 Å². The summed E-state index contributed by atoms with van der Waals surface area (Å²) < 4.78 is 9.63. The minimum absolute atomic E-state index is 0.0935. The first-order chi connectivity index (χ1) is 10.2. The molecule has 8 heteroatoms. The molecule has 6 rings (SSSR count). The lowest BCUT2D eigenvalue weighted by Gasteiger charge is -2.33. The van der Waals surface area contributed by atoms with Crippen molar-refractivity contribution in [3.63, 3.8) is 0 Å². The van der Waals surface area contributed by atoms with Gasteiger partial charge in [-0.05, 0) is 12.1 Å². The van der Waals surface area contributed by atoms with Crippen molar-refractivity contribution < 1.29 is 4.74 Å². The monoisotopic (exact) mass is 285 g/mol. The fourth-order valence-corrected chi connectivity index (χ4v) is 3.33. The molecule has 106 valence electrons. The molecule has 8 nitrogen and oxygen atoms in total. The minimum atomic E-state index is -0.474. The highest BCUT2D eigenvalue weighted by Crippen LogP contribution is 2.48. The number of hydrogen-bond acceptors (Lipinski definition) is 5. The molecular formula is C13H11N5O3. The molecule has 4 aliphatic heterocycles. The van der Waals surface area contributed by atoms with E-state index in [2.05, 4.69) is 9.98 Å². The second kappa shape index (κ2) is 3.40. The van der Waals surface area contributed by atoms with Crippen LogP contribution in [0, 0.1) is 0 Å². The number of epoxide rings is 1. The van der Waals surface area contributed by atoms with E-state index in [1.54, 1.807) is 6.20 Å². The third kappa shape index (κ3) is 1.19. The van der Waals surface area contributed by atoms with Gasteiger partial charge in [-0.15, -0.1) is 0 Å². The van der Waals surface area contributed by atoms with Crippen LogP contribution in [0.2, 0.25) is 0 Å². The van der Waals surface area contributed by atoms with Crippen LogP contribution in [-0.2, 0) is 11.8 Å². The molecule has 0 aliphatic carbocycles. The molecule has 2 aromatic heterocycles. The molecule has 0 spiro atoms. The maximum atomic E-state index is 12.3. The van der Waals surface area contributed by atoms with Gasteiger partial charge in [-0.3, -0.25) is 9.98 Å². The fourth-order valence-electron chi connectivity index (χ4n) is 3.33. The van der Waals surface area contributed by atoms with E-state index in [1.165, 1.54) is 16.4 Å². The number of hydrogen-bond donors (Lipinski definition) is 0. The summed E-state index contributed by atoms with van der Waals surface area (Å²) in [5, 5.41) is 0. The van der Waals surface area contributed by atoms with Crippen LogP contribution in [-0.4, -0.2) is 36.8 Å². The van der Waals surface area contributed by atoms with E-state index in [1.807, 2.05) is 18.2 Å². The molecule has 0 radical (unpaired) electrons. The molecule has 2 bridgehead atoms. The van der Waals surface area contributed by atoms with Crippen molar-refractivity contribution in [3.05, 3.63) is 51.1 Å². The molecular weight excluding hydrogens is 274 g/mol. The summed E-state index contributed by atoms with van der Waals surface area (Å²) in [6.45, 7) is 0. The highest BCUT2D eigenvalue weighted by Gasteiger charge is 2.62. The van der Waals surface area contributed by atoms with Crippen molar-refractivity contribution in [1.29, 1.82) is 0 Å². The van der Waals surface area contributed by atoms with Crippen molar-refractivity contribution in [2.45, 2.75) is 24.4 Å². The Balaban J connectivity index is 1.80. The van der Waals surface area contributed by atoms with Crippen LogP contribution in [0.25, 0.3) is 0 Å². The lowest BCUT2D eigenvalue weighted by atomic mass is 9.96. The van der Waals surface area contributed by atoms with Crippen LogP contribution in [0.3, 0.4) is 0 Å². The van der Waals surface area contributed by atoms with Crippen molar-refractivity contribution in [2.24, 2.45) is 12.0 Å². The maximum absolute atomic E-state index is 12.3. The van der Waals surface area contributed by atoms with Gasteiger partial charge in [-0.1, -0.05) is 6.07 Å². The Kier molecular flexibility index (Phi) is 1.81. The Morgan fingerprint density at radius 3 is 2.71 bits per heavy atom. The highest BCUT2D eigenvalue weighted by molar-refractivity contribution is 6.03. The van der Waals surface area contributed by atoms with E-state index >= 15 is 0 Å². The Labute approximate surface area is 117 Å². The largest absolute Gasteiger partial charge is 0.362 e. The quantitative estimate of drug-likeness (QED) is 0.633. The molecule has 4 atom stereocenters. The van der Waals surface area contributed by atoms with Crippen LogP contribution in [0.4, 0.5) is 0 Å². The van der Waals surface area contributed by atoms with E-state index in [4.69, 9.17) is 4.74 Å². The minimum Gasteiger partial charge on any atom is -0.362 e. The van der Waals surface area contributed by atoms with E-state index in [0.29, 0.717) is 5.71 Å². The van der Waals surface area contributed by atoms with Crippen LogP contribution in [0.5, 0.6) is 0 Å². The summed E-state index contributed by atoms with van der Waals surface area (Å²) in [5.41, 5.74) is 0.739. The first kappa shape index (κ1) is 11.2. The predicted octanol–water partition coefficient (Wildman–Crippen LogP) is -0.933. The summed E-state index contributed by atoms with van der Waals surface area (Å²) in [5.74, 6) is 0. The maximum Gasteiger partial charge on any atom is 0.349 e. The van der Waals surface area contributed by atoms with Crippen LogP contribution in [0.15, 0.2) is 39.0 Å². The van der Waals surface area contributed by atoms with Gasteiger partial charge in [0, 0.05) is 13.2 Å². The molecule has 2 aromatic rings. The molecule has 1 saturated heterocycles. The number of aliphatic imine (C=N–C) groups is 1. The molecule has 0 saturated carbocycles. The van der Waals surface area contributed by atoms with Gasteiger partial charge >= 0.3 is 11.4 Å². The zero-order valence-corrected chi connectivity index (χ0v) is 11.1. The molecule has 1 fully saturated rings. The lowest BCUT2D eigenvalue weighted by Crippen LogP contribution is -2.49. The number of nitrogens with zero attached hydrogens (tertiary/aromatic N) is 5. The smallest absolute Gasteiger partial charge is 0.349 e. The molecule has 0 amide bonds. The molecule has 0 aromatic carbocycles. The van der Waals surface area contributed by atoms with Gasteiger partial charge in [0.05, 0.1) is 11.4 Å². The first-order valence-electron chi connectivity index (χ1n) is 6.73. The molecule has 0 N–H and O–H groups in total. The van der Waals surface area contributed by atoms with Gasteiger partial charge in [0.1, 0.15) is 18.2 Å². The SMILES string of the molecule is Cn1c(=O)n2n(c1=O)C1C(c3ccccn3)=NC2C2OC21. The first-order valence-corrected chi connectivity index (χ1v) is 6.73. The van der Waals surface area contributed by atoms with E-state index in [-0.39, 0.29) is 29.6 Å². The summed E-state index contributed by atoms with van der Waals surface area (Å²) in [7, 11) is 1.48. The van der Waals surface area contributed by atoms with Crippen molar-refractivity contribution in [2.75, 3.05) is 0 Å². The summed E-state index contributed by atoms with van der Waals surface area (Å²) >= 11 is 0.